The third-order valence-electron chi connectivity index (χ3n) is 7.91. The number of alkyl halides is 3. The molecule has 3 atom stereocenters. The van der Waals surface area contributed by atoms with Gasteiger partial charge in [-0.2, -0.15) is 13.2 Å². The minimum atomic E-state index is -4.57. The van der Waals surface area contributed by atoms with Crippen LogP contribution in [-0.4, -0.2) is 26.3 Å². The van der Waals surface area contributed by atoms with Crippen molar-refractivity contribution in [2.75, 3.05) is 0 Å². The molecule has 13 heteroatoms. The average Bonchev–Trinajstić information content (AvgIpc) is 3.45. The van der Waals surface area contributed by atoms with Gasteiger partial charge in [0.1, 0.15) is 30.3 Å². The van der Waals surface area contributed by atoms with Crippen LogP contribution in [0.2, 0.25) is 0 Å². The normalized spacial score (nSPS) is 17.7. The number of nitrogens with one attached hydrogen (secondary N) is 1. The first-order chi connectivity index (χ1) is 20.4. The highest BCUT2D eigenvalue weighted by Crippen LogP contribution is 2.59. The van der Waals surface area contributed by atoms with Gasteiger partial charge in [0.25, 0.3) is 5.91 Å². The second kappa shape index (κ2) is 10.5. The van der Waals surface area contributed by atoms with E-state index in [-0.39, 0.29) is 46.2 Å². The summed E-state index contributed by atoms with van der Waals surface area (Å²) in [5, 5.41) is 2.75. The molecule has 2 aromatic heterocycles. The predicted octanol–water partition coefficient (Wildman–Crippen LogP) is 5.24. The molecule has 2 amide bonds. The smallest absolute Gasteiger partial charge is 0.366 e. The second-order valence-electron chi connectivity index (χ2n) is 10.8. The topological polar surface area (TPSA) is 103 Å². The first-order valence-corrected chi connectivity index (χ1v) is 13.3. The summed E-state index contributed by atoms with van der Waals surface area (Å²) in [4.78, 5) is 33.4. The Morgan fingerprint density at radius 2 is 1.84 bits per heavy atom. The molecule has 2 heterocycles. The number of nitrogens with zero attached hydrogens (tertiary/aromatic N) is 3. The van der Waals surface area contributed by atoms with Crippen LogP contribution < -0.4 is 11.1 Å². The maximum Gasteiger partial charge on any atom is 0.418 e. The standard InChI is InChI=1S/C30H23F6N5O2/c31-17-3-14(4-18(32)9-17)5-24(28-21(10-38-13-39-28)15-1-2-23(33)20(6-15)29(37)43)40-26(42)12-41-11-22(30(34,35)36)27-19-7-16(19)8-25(27)41/h1-4,6,9-11,13,16,19,24H,5,7-8,12H2,(H2,37,43)(H,40,42)/t16?,19?,24-/m0/s1. The lowest BCUT2D eigenvalue weighted by atomic mass is 9.95. The molecule has 0 spiro atoms. The minimum absolute atomic E-state index is 0.141. The average molecular weight is 600 g/mol. The van der Waals surface area contributed by atoms with Crippen LogP contribution >= 0.6 is 0 Å². The molecular weight excluding hydrogens is 576 g/mol. The number of nitrogens with two attached hydrogens (primary N) is 1. The van der Waals surface area contributed by atoms with Crippen LogP contribution in [0.25, 0.3) is 11.1 Å². The Labute approximate surface area is 240 Å². The quantitative estimate of drug-likeness (QED) is 0.271. The van der Waals surface area contributed by atoms with Crippen molar-refractivity contribution >= 4 is 11.8 Å². The molecule has 2 unspecified atom stereocenters. The molecule has 0 saturated heterocycles. The van der Waals surface area contributed by atoms with Crippen molar-refractivity contribution in [3.05, 3.63) is 106 Å². The summed E-state index contributed by atoms with van der Waals surface area (Å²) in [6, 6.07) is 5.34. The van der Waals surface area contributed by atoms with Crippen molar-refractivity contribution in [3.63, 3.8) is 0 Å². The van der Waals surface area contributed by atoms with Crippen LogP contribution in [0.15, 0.2) is 55.1 Å². The van der Waals surface area contributed by atoms with Crippen molar-refractivity contribution in [2.45, 2.75) is 43.9 Å². The lowest BCUT2D eigenvalue weighted by Crippen LogP contribution is -2.34. The van der Waals surface area contributed by atoms with Crippen molar-refractivity contribution in [2.24, 2.45) is 11.7 Å². The first-order valence-electron chi connectivity index (χ1n) is 13.3. The lowest BCUT2D eigenvalue weighted by molar-refractivity contribution is -0.138. The summed E-state index contributed by atoms with van der Waals surface area (Å²) < 4.78 is 85.0. The number of fused-ring (bicyclic) bond motifs is 3. The van der Waals surface area contributed by atoms with E-state index in [9.17, 15) is 35.9 Å². The SMILES string of the molecule is NC(=O)c1cc(-c2cncnc2[C@H](Cc2cc(F)cc(F)c2)NC(=O)Cn2cc(C(F)(F)F)c3c2CC2CC32)ccc1F. The molecule has 2 aromatic carbocycles. The number of primary amides is 1. The van der Waals surface area contributed by atoms with E-state index in [2.05, 4.69) is 15.3 Å². The maximum absolute atomic E-state index is 14.2. The molecule has 1 saturated carbocycles. The fraction of sp³-hybridized carbons (Fsp3) is 0.267. The van der Waals surface area contributed by atoms with Crippen LogP contribution in [0.3, 0.4) is 0 Å². The van der Waals surface area contributed by atoms with Gasteiger partial charge in [-0.3, -0.25) is 9.59 Å². The van der Waals surface area contributed by atoms with Gasteiger partial charge in [0.15, 0.2) is 0 Å². The van der Waals surface area contributed by atoms with Gasteiger partial charge < -0.3 is 15.6 Å². The Kier molecular flexibility index (Phi) is 6.98. The summed E-state index contributed by atoms with van der Waals surface area (Å²) in [5.41, 5.74) is 5.71. The fourth-order valence-electron chi connectivity index (χ4n) is 5.99. The number of hydrogen-bond acceptors (Lipinski definition) is 4. The largest absolute Gasteiger partial charge is 0.418 e. The summed E-state index contributed by atoms with van der Waals surface area (Å²) >= 11 is 0. The first kappa shape index (κ1) is 28.4. The number of benzene rings is 2. The van der Waals surface area contributed by atoms with Gasteiger partial charge in [0.05, 0.1) is 22.9 Å². The lowest BCUT2D eigenvalue weighted by Gasteiger charge is -2.22. The number of carbonyl (C=O) groups excluding carboxylic acids is 2. The highest BCUT2D eigenvalue weighted by Gasteiger charge is 2.52. The second-order valence-corrected chi connectivity index (χ2v) is 10.8. The van der Waals surface area contributed by atoms with Crippen LogP contribution in [0.5, 0.6) is 0 Å². The van der Waals surface area contributed by atoms with Crippen LogP contribution in [0.4, 0.5) is 26.3 Å². The molecule has 1 fully saturated rings. The molecule has 4 aromatic rings. The van der Waals surface area contributed by atoms with Crippen LogP contribution in [0.1, 0.15) is 56.8 Å². The Hall–Kier alpha value is -4.68. The molecule has 7 nitrogen and oxygen atoms in total. The highest BCUT2D eigenvalue weighted by molar-refractivity contribution is 5.94. The maximum atomic E-state index is 14.2. The zero-order chi connectivity index (χ0) is 30.6. The zero-order valence-corrected chi connectivity index (χ0v) is 22.3. The minimum Gasteiger partial charge on any atom is -0.366 e. The molecule has 3 N–H and O–H groups in total. The predicted molar refractivity (Wildman–Crippen MR) is 141 cm³/mol. The zero-order valence-electron chi connectivity index (χ0n) is 22.3. The van der Waals surface area contributed by atoms with E-state index in [0.29, 0.717) is 24.6 Å². The van der Waals surface area contributed by atoms with Gasteiger partial charge in [0, 0.05) is 29.7 Å². The molecule has 2 aliphatic rings. The number of amides is 2. The molecule has 6 rings (SSSR count). The van der Waals surface area contributed by atoms with Crippen molar-refractivity contribution < 1.29 is 35.9 Å². The molecule has 43 heavy (non-hydrogen) atoms. The summed E-state index contributed by atoms with van der Waals surface area (Å²) in [6.45, 7) is -0.436. The van der Waals surface area contributed by atoms with E-state index in [1.807, 2.05) is 0 Å². The molecular formula is C30H23F6N5O2. The van der Waals surface area contributed by atoms with Gasteiger partial charge in [-0.05, 0) is 72.1 Å². The Balaban J connectivity index is 1.36. The number of carbonyl (C=O) groups is 2. The van der Waals surface area contributed by atoms with E-state index >= 15 is 0 Å². The molecule has 2 aliphatic carbocycles. The van der Waals surface area contributed by atoms with Crippen molar-refractivity contribution in [1.29, 1.82) is 0 Å². The van der Waals surface area contributed by atoms with Crippen molar-refractivity contribution in [1.82, 2.24) is 19.9 Å². The Morgan fingerprint density at radius 1 is 1.09 bits per heavy atom. The van der Waals surface area contributed by atoms with Gasteiger partial charge >= 0.3 is 6.18 Å². The Bertz CT molecular complexity index is 1750. The molecule has 0 bridgehead atoms. The fourth-order valence-corrected chi connectivity index (χ4v) is 5.99. The number of hydrogen-bond donors (Lipinski definition) is 2. The van der Waals surface area contributed by atoms with Crippen LogP contribution in [-0.2, 0) is 30.4 Å². The van der Waals surface area contributed by atoms with Crippen LogP contribution in [0, 0.1) is 23.4 Å². The third kappa shape index (κ3) is 5.58. The number of halogens is 6. The summed E-state index contributed by atoms with van der Waals surface area (Å²) in [5.74, 6) is -4.27. The number of rotatable bonds is 8. The van der Waals surface area contributed by atoms with E-state index in [1.165, 1.54) is 29.2 Å². The third-order valence-corrected chi connectivity index (χ3v) is 7.91. The van der Waals surface area contributed by atoms with E-state index in [1.54, 1.807) is 0 Å². The van der Waals surface area contributed by atoms with Gasteiger partial charge in [-0.1, -0.05) is 6.07 Å². The summed E-state index contributed by atoms with van der Waals surface area (Å²) in [6.07, 6.45) is -0.127. The van der Waals surface area contributed by atoms with Gasteiger partial charge in [-0.15, -0.1) is 0 Å². The van der Waals surface area contributed by atoms with E-state index in [0.717, 1.165) is 24.4 Å². The Morgan fingerprint density at radius 3 is 2.53 bits per heavy atom. The highest BCUT2D eigenvalue weighted by atomic mass is 19.4. The van der Waals surface area contributed by atoms with E-state index < -0.39 is 59.2 Å². The monoisotopic (exact) mass is 599 g/mol. The molecule has 0 aliphatic heterocycles. The van der Waals surface area contributed by atoms with E-state index in [4.69, 9.17) is 5.73 Å². The van der Waals surface area contributed by atoms with Gasteiger partial charge in [0.2, 0.25) is 5.91 Å². The van der Waals surface area contributed by atoms with Crippen molar-refractivity contribution in [3.8, 4) is 11.1 Å². The molecule has 222 valence electrons. The van der Waals surface area contributed by atoms with Gasteiger partial charge in [-0.25, -0.2) is 23.1 Å². The summed E-state index contributed by atoms with van der Waals surface area (Å²) in [7, 11) is 0. The number of aromatic nitrogens is 3. The molecule has 0 radical (unpaired) electrons.